The lowest BCUT2D eigenvalue weighted by atomic mass is 10.1. The van der Waals surface area contributed by atoms with Crippen molar-refractivity contribution in [3.8, 4) is 11.5 Å². The van der Waals surface area contributed by atoms with E-state index in [4.69, 9.17) is 9.47 Å². The molecule has 1 amide bonds. The van der Waals surface area contributed by atoms with Gasteiger partial charge in [-0.15, -0.1) is 0 Å². The first-order valence-corrected chi connectivity index (χ1v) is 8.74. The second-order valence-corrected chi connectivity index (χ2v) is 6.27. The maximum atomic E-state index is 12.7. The Balaban J connectivity index is 1.82. The number of nitrogens with zero attached hydrogens (tertiary/aromatic N) is 3. The Morgan fingerprint density at radius 1 is 1.04 bits per heavy atom. The lowest BCUT2D eigenvalue weighted by molar-refractivity contribution is 0.0718. The number of hydrogen-bond donors (Lipinski definition) is 1. The fraction of sp³-hybridized carbons (Fsp3) is 0.421. The van der Waals surface area contributed by atoms with Gasteiger partial charge in [0.15, 0.2) is 11.5 Å². The number of amides is 1. The molecule has 1 aromatic heterocycles. The van der Waals surface area contributed by atoms with E-state index in [-0.39, 0.29) is 5.91 Å². The number of carbonyl (C=O) groups is 1. The van der Waals surface area contributed by atoms with Gasteiger partial charge in [-0.1, -0.05) is 0 Å². The number of aryl methyl sites for hydroxylation is 1. The number of carbonyl (C=O) groups excluding carboxylic acids is 1. The number of hydrogen-bond acceptors (Lipinski definition) is 6. The van der Waals surface area contributed by atoms with Crippen LogP contribution in [-0.2, 0) is 0 Å². The number of piperidine rings is 1. The molecule has 0 saturated carbocycles. The number of rotatable bonds is 5. The number of benzene rings is 1. The highest BCUT2D eigenvalue weighted by molar-refractivity contribution is 5.92. The Bertz CT molecular complexity index is 788. The van der Waals surface area contributed by atoms with Gasteiger partial charge in [-0.2, -0.15) is 0 Å². The normalized spacial score (nSPS) is 14.0. The van der Waals surface area contributed by atoms with Crippen molar-refractivity contribution in [2.45, 2.75) is 26.2 Å². The fourth-order valence-electron chi connectivity index (χ4n) is 3.04. The van der Waals surface area contributed by atoms with Crippen LogP contribution in [-0.4, -0.2) is 48.1 Å². The second kappa shape index (κ2) is 8.03. The molecule has 1 aliphatic rings. The van der Waals surface area contributed by atoms with Gasteiger partial charge in [-0.25, -0.2) is 9.97 Å². The zero-order chi connectivity index (χ0) is 18.5. The van der Waals surface area contributed by atoms with E-state index in [0.717, 1.165) is 37.3 Å². The van der Waals surface area contributed by atoms with Gasteiger partial charge in [0.25, 0.3) is 5.91 Å². The molecule has 1 N–H and O–H groups in total. The summed E-state index contributed by atoms with van der Waals surface area (Å²) in [6.07, 6.45) is 3.28. The summed E-state index contributed by atoms with van der Waals surface area (Å²) in [5, 5.41) is 3.14. The Labute approximate surface area is 153 Å². The molecule has 0 atom stereocenters. The monoisotopic (exact) mass is 356 g/mol. The SMILES string of the molecule is COc1ccc(Nc2nc(C)cc(C(=O)N3CCCCC3)n2)cc1OC. The molecule has 1 aliphatic heterocycles. The van der Waals surface area contributed by atoms with Crippen LogP contribution < -0.4 is 14.8 Å². The van der Waals surface area contributed by atoms with Gasteiger partial charge >= 0.3 is 0 Å². The summed E-state index contributed by atoms with van der Waals surface area (Å²) in [5.74, 6) is 1.60. The molecule has 1 aromatic carbocycles. The zero-order valence-corrected chi connectivity index (χ0v) is 15.4. The largest absolute Gasteiger partial charge is 0.493 e. The molecule has 138 valence electrons. The molecule has 0 bridgehead atoms. The lowest BCUT2D eigenvalue weighted by Crippen LogP contribution is -2.36. The average molecular weight is 356 g/mol. The van der Waals surface area contributed by atoms with Crippen molar-refractivity contribution in [3.05, 3.63) is 35.7 Å². The highest BCUT2D eigenvalue weighted by Gasteiger charge is 2.20. The summed E-state index contributed by atoms with van der Waals surface area (Å²) in [6.45, 7) is 3.44. The van der Waals surface area contributed by atoms with Crippen molar-refractivity contribution in [1.29, 1.82) is 0 Å². The van der Waals surface area contributed by atoms with Gasteiger partial charge in [-0.3, -0.25) is 4.79 Å². The predicted octanol–water partition coefficient (Wildman–Crippen LogP) is 3.17. The van der Waals surface area contributed by atoms with Gasteiger partial charge in [0.2, 0.25) is 5.95 Å². The van der Waals surface area contributed by atoms with Crippen LogP contribution in [0.5, 0.6) is 11.5 Å². The molecule has 7 heteroatoms. The first-order chi connectivity index (χ1) is 12.6. The van der Waals surface area contributed by atoms with Gasteiger partial charge in [0.1, 0.15) is 5.69 Å². The van der Waals surface area contributed by atoms with Crippen LogP contribution in [0.3, 0.4) is 0 Å². The summed E-state index contributed by atoms with van der Waals surface area (Å²) in [4.78, 5) is 23.4. The lowest BCUT2D eigenvalue weighted by Gasteiger charge is -2.26. The van der Waals surface area contributed by atoms with E-state index < -0.39 is 0 Å². The quantitative estimate of drug-likeness (QED) is 0.887. The minimum Gasteiger partial charge on any atom is -0.493 e. The van der Waals surface area contributed by atoms with Crippen LogP contribution in [0.25, 0.3) is 0 Å². The first kappa shape index (κ1) is 18.0. The molecule has 7 nitrogen and oxygen atoms in total. The van der Waals surface area contributed by atoms with Gasteiger partial charge < -0.3 is 19.7 Å². The highest BCUT2D eigenvalue weighted by atomic mass is 16.5. The zero-order valence-electron chi connectivity index (χ0n) is 15.4. The maximum absolute atomic E-state index is 12.7. The van der Waals surface area contributed by atoms with Crippen LogP contribution in [0.2, 0.25) is 0 Å². The number of ether oxygens (including phenoxy) is 2. The van der Waals surface area contributed by atoms with Crippen molar-refractivity contribution in [3.63, 3.8) is 0 Å². The Kier molecular flexibility index (Phi) is 5.55. The van der Waals surface area contributed by atoms with Crippen LogP contribution in [0.15, 0.2) is 24.3 Å². The van der Waals surface area contributed by atoms with Crippen molar-refractivity contribution in [1.82, 2.24) is 14.9 Å². The summed E-state index contributed by atoms with van der Waals surface area (Å²) in [5.41, 5.74) is 1.91. The minimum absolute atomic E-state index is 0.0365. The summed E-state index contributed by atoms with van der Waals surface area (Å²) in [6, 6.07) is 7.18. The third-order valence-electron chi connectivity index (χ3n) is 4.36. The first-order valence-electron chi connectivity index (χ1n) is 8.74. The van der Waals surface area contributed by atoms with Crippen molar-refractivity contribution >= 4 is 17.5 Å². The van der Waals surface area contributed by atoms with Crippen LogP contribution in [0.1, 0.15) is 35.4 Å². The molecule has 0 radical (unpaired) electrons. The molecule has 0 spiro atoms. The van der Waals surface area contributed by atoms with E-state index in [1.165, 1.54) is 6.42 Å². The van der Waals surface area contributed by atoms with Crippen LogP contribution in [0.4, 0.5) is 11.6 Å². The van der Waals surface area contributed by atoms with E-state index in [0.29, 0.717) is 23.1 Å². The van der Waals surface area contributed by atoms with Gasteiger partial charge in [0, 0.05) is 30.5 Å². The van der Waals surface area contributed by atoms with Crippen molar-refractivity contribution in [2.75, 3.05) is 32.6 Å². The van der Waals surface area contributed by atoms with Gasteiger partial charge in [0.05, 0.1) is 14.2 Å². The number of nitrogens with one attached hydrogen (secondary N) is 1. The summed E-state index contributed by atoms with van der Waals surface area (Å²) < 4.78 is 10.6. The van der Waals surface area contributed by atoms with Gasteiger partial charge in [-0.05, 0) is 44.4 Å². The molecule has 2 aromatic rings. The molecular weight excluding hydrogens is 332 g/mol. The predicted molar refractivity (Wildman–Crippen MR) is 99.4 cm³/mol. The molecule has 2 heterocycles. The van der Waals surface area contributed by atoms with E-state index in [2.05, 4.69) is 15.3 Å². The fourth-order valence-corrected chi connectivity index (χ4v) is 3.04. The van der Waals surface area contributed by atoms with Crippen molar-refractivity contribution < 1.29 is 14.3 Å². The number of likely N-dealkylation sites (tertiary alicyclic amines) is 1. The molecule has 1 fully saturated rings. The summed E-state index contributed by atoms with van der Waals surface area (Å²) >= 11 is 0. The Hall–Kier alpha value is -2.83. The Morgan fingerprint density at radius 3 is 2.46 bits per heavy atom. The molecule has 0 aliphatic carbocycles. The number of aromatic nitrogens is 2. The molecule has 1 saturated heterocycles. The van der Waals surface area contributed by atoms with Crippen LogP contribution >= 0.6 is 0 Å². The number of anilines is 2. The molecule has 0 unspecified atom stereocenters. The third kappa shape index (κ3) is 4.04. The van der Waals surface area contributed by atoms with Crippen molar-refractivity contribution in [2.24, 2.45) is 0 Å². The van der Waals surface area contributed by atoms with Crippen LogP contribution in [0, 0.1) is 6.92 Å². The minimum atomic E-state index is -0.0365. The van der Waals surface area contributed by atoms with E-state index in [1.807, 2.05) is 17.9 Å². The molecule has 3 rings (SSSR count). The average Bonchev–Trinajstić information content (AvgIpc) is 2.67. The van der Waals surface area contributed by atoms with E-state index in [1.54, 1.807) is 32.4 Å². The van der Waals surface area contributed by atoms with E-state index >= 15 is 0 Å². The Morgan fingerprint density at radius 2 is 1.77 bits per heavy atom. The second-order valence-electron chi connectivity index (χ2n) is 6.27. The number of methoxy groups -OCH3 is 2. The molecule has 26 heavy (non-hydrogen) atoms. The summed E-state index contributed by atoms with van der Waals surface area (Å²) in [7, 11) is 3.17. The highest BCUT2D eigenvalue weighted by Crippen LogP contribution is 2.30. The topological polar surface area (TPSA) is 76.6 Å². The van der Waals surface area contributed by atoms with E-state index in [9.17, 15) is 4.79 Å². The maximum Gasteiger partial charge on any atom is 0.272 e. The smallest absolute Gasteiger partial charge is 0.272 e. The standard InChI is InChI=1S/C19H24N4O3/c1-13-11-15(18(24)23-9-5-4-6-10-23)22-19(20-13)21-14-7-8-16(25-2)17(12-14)26-3/h7-8,11-12H,4-6,9-10H2,1-3H3,(H,20,21,22). The molecular formula is C19H24N4O3. The third-order valence-corrected chi connectivity index (χ3v) is 4.36.